The standard InChI is InChI=1S/C47H68O5/c1-3-5-7-9-11-13-15-17-19-21-23-25-27-29-31-33-35-37-39-41-46(49)51-43-45(48)44-52-47(50)42-40-38-36-34-32-30-28-26-24-22-20-18-16-14-12-10-8-6-4-2/h5-8,11-14,17-20,23-26,29-32,35-38,45,48H,3-4,9-10,15-16,21-22,27-28,33-34,39-44H2,1-2H3/b7-5-,8-6-,13-11-,14-12-,19-17-,20-18-,25-23-,26-24-,31-29-,32-30-,37-35-,38-36-. The second-order valence-electron chi connectivity index (χ2n) is 11.9. The third-order valence-electron chi connectivity index (χ3n) is 7.10. The average Bonchev–Trinajstić information content (AvgIpc) is 3.15. The van der Waals surface area contributed by atoms with E-state index in [1.807, 2.05) is 24.3 Å². The molecule has 0 saturated heterocycles. The number of carbonyl (C=O) groups excluding carboxylic acids is 2. The van der Waals surface area contributed by atoms with E-state index in [1.54, 1.807) is 0 Å². The van der Waals surface area contributed by atoms with Crippen LogP contribution in [-0.2, 0) is 19.1 Å². The van der Waals surface area contributed by atoms with Crippen molar-refractivity contribution in [2.45, 2.75) is 123 Å². The van der Waals surface area contributed by atoms with Gasteiger partial charge in [-0.25, -0.2) is 0 Å². The van der Waals surface area contributed by atoms with E-state index in [9.17, 15) is 14.7 Å². The predicted octanol–water partition coefficient (Wildman–Crippen LogP) is 12.4. The van der Waals surface area contributed by atoms with Crippen molar-refractivity contribution < 1.29 is 24.2 Å². The van der Waals surface area contributed by atoms with Crippen LogP contribution in [0.5, 0.6) is 0 Å². The monoisotopic (exact) mass is 713 g/mol. The summed E-state index contributed by atoms with van der Waals surface area (Å²) in [5.74, 6) is -0.773. The van der Waals surface area contributed by atoms with Crippen LogP contribution in [-0.4, -0.2) is 36.4 Å². The van der Waals surface area contributed by atoms with Gasteiger partial charge < -0.3 is 14.6 Å². The number of hydrogen-bond acceptors (Lipinski definition) is 5. The Morgan fingerprint density at radius 1 is 0.385 bits per heavy atom. The summed E-state index contributed by atoms with van der Waals surface area (Å²) in [6, 6.07) is 0. The van der Waals surface area contributed by atoms with Gasteiger partial charge in [-0.05, 0) is 89.9 Å². The molecule has 5 heteroatoms. The van der Waals surface area contributed by atoms with Gasteiger partial charge in [0.25, 0.3) is 0 Å². The zero-order valence-corrected chi connectivity index (χ0v) is 32.2. The maximum Gasteiger partial charge on any atom is 0.306 e. The zero-order chi connectivity index (χ0) is 37.8. The maximum absolute atomic E-state index is 11.9. The van der Waals surface area contributed by atoms with Gasteiger partial charge in [-0.3, -0.25) is 9.59 Å². The summed E-state index contributed by atoms with van der Waals surface area (Å²) in [4.78, 5) is 23.9. The average molecular weight is 713 g/mol. The summed E-state index contributed by atoms with van der Waals surface area (Å²) in [6.45, 7) is 3.91. The molecule has 0 saturated carbocycles. The second kappa shape index (κ2) is 41.2. The van der Waals surface area contributed by atoms with Crippen molar-refractivity contribution in [1.82, 2.24) is 0 Å². The Morgan fingerprint density at radius 3 is 0.827 bits per heavy atom. The van der Waals surface area contributed by atoms with Crippen LogP contribution in [0, 0.1) is 0 Å². The van der Waals surface area contributed by atoms with Crippen molar-refractivity contribution >= 4 is 11.9 Å². The maximum atomic E-state index is 11.9. The molecule has 0 bridgehead atoms. The lowest BCUT2D eigenvalue weighted by atomic mass is 10.2. The number of carbonyl (C=O) groups is 2. The molecular formula is C47H68O5. The van der Waals surface area contributed by atoms with Gasteiger partial charge in [-0.2, -0.15) is 0 Å². The van der Waals surface area contributed by atoms with Crippen LogP contribution in [0.15, 0.2) is 146 Å². The molecule has 0 unspecified atom stereocenters. The van der Waals surface area contributed by atoms with E-state index in [2.05, 4.69) is 135 Å². The highest BCUT2D eigenvalue weighted by Crippen LogP contribution is 2.02. The molecule has 52 heavy (non-hydrogen) atoms. The molecule has 0 aromatic rings. The minimum atomic E-state index is -1.04. The van der Waals surface area contributed by atoms with Crippen LogP contribution in [0.3, 0.4) is 0 Å². The van der Waals surface area contributed by atoms with Gasteiger partial charge in [0.05, 0.1) is 0 Å². The first-order valence-electron chi connectivity index (χ1n) is 19.4. The number of esters is 2. The number of hydrogen-bond donors (Lipinski definition) is 1. The van der Waals surface area contributed by atoms with Crippen LogP contribution < -0.4 is 0 Å². The molecule has 0 fully saturated rings. The molecule has 1 N–H and O–H groups in total. The third-order valence-corrected chi connectivity index (χ3v) is 7.10. The van der Waals surface area contributed by atoms with E-state index in [4.69, 9.17) is 9.47 Å². The van der Waals surface area contributed by atoms with Crippen LogP contribution in [0.1, 0.15) is 117 Å². The van der Waals surface area contributed by atoms with Crippen LogP contribution in [0.4, 0.5) is 0 Å². The van der Waals surface area contributed by atoms with Gasteiger partial charge in [0.1, 0.15) is 19.3 Å². The van der Waals surface area contributed by atoms with E-state index >= 15 is 0 Å². The van der Waals surface area contributed by atoms with E-state index in [0.717, 1.165) is 77.0 Å². The number of rotatable bonds is 32. The summed E-state index contributed by atoms with van der Waals surface area (Å²) in [5.41, 5.74) is 0. The molecule has 5 nitrogen and oxygen atoms in total. The fourth-order valence-electron chi connectivity index (χ4n) is 4.25. The topological polar surface area (TPSA) is 72.8 Å². The van der Waals surface area contributed by atoms with Crippen molar-refractivity contribution in [3.05, 3.63) is 146 Å². The first-order valence-corrected chi connectivity index (χ1v) is 19.4. The molecule has 286 valence electrons. The summed E-state index contributed by atoms with van der Waals surface area (Å²) in [6.07, 6.45) is 63.5. The first-order chi connectivity index (χ1) is 25.6. The van der Waals surface area contributed by atoms with E-state index in [-0.39, 0.29) is 38.0 Å². The number of ether oxygens (including phenoxy) is 2. The fraction of sp³-hybridized carbons (Fsp3) is 0.447. The van der Waals surface area contributed by atoms with Crippen LogP contribution in [0.2, 0.25) is 0 Å². The summed E-state index contributed by atoms with van der Waals surface area (Å²) < 4.78 is 10.2. The Balaban J connectivity index is 3.75. The molecule has 0 heterocycles. The molecule has 0 radical (unpaired) electrons. The molecule has 0 aliphatic rings. The number of allylic oxidation sites excluding steroid dienone is 24. The quantitative estimate of drug-likeness (QED) is 0.0555. The van der Waals surface area contributed by atoms with Crippen molar-refractivity contribution in [3.8, 4) is 0 Å². The molecule has 0 atom stereocenters. The van der Waals surface area contributed by atoms with Gasteiger partial charge in [-0.1, -0.05) is 160 Å². The Kier molecular flexibility index (Phi) is 37.9. The molecule has 0 aromatic heterocycles. The Labute approximate surface area is 317 Å². The Bertz CT molecular complexity index is 1120. The smallest absolute Gasteiger partial charge is 0.306 e. The zero-order valence-electron chi connectivity index (χ0n) is 32.2. The van der Waals surface area contributed by atoms with Crippen LogP contribution >= 0.6 is 0 Å². The molecule has 0 rings (SSSR count). The van der Waals surface area contributed by atoms with Crippen molar-refractivity contribution in [2.24, 2.45) is 0 Å². The number of aliphatic hydroxyl groups is 1. The first kappa shape index (κ1) is 47.8. The van der Waals surface area contributed by atoms with Crippen molar-refractivity contribution in [3.63, 3.8) is 0 Å². The van der Waals surface area contributed by atoms with E-state index in [1.165, 1.54) is 0 Å². The van der Waals surface area contributed by atoms with Gasteiger partial charge in [0, 0.05) is 12.8 Å². The summed E-state index contributed by atoms with van der Waals surface area (Å²) in [7, 11) is 0. The van der Waals surface area contributed by atoms with E-state index in [0.29, 0.717) is 12.8 Å². The summed E-state index contributed by atoms with van der Waals surface area (Å²) >= 11 is 0. The fourth-order valence-corrected chi connectivity index (χ4v) is 4.25. The summed E-state index contributed by atoms with van der Waals surface area (Å²) in [5, 5.41) is 9.99. The van der Waals surface area contributed by atoms with Crippen molar-refractivity contribution in [2.75, 3.05) is 13.2 Å². The van der Waals surface area contributed by atoms with Crippen molar-refractivity contribution in [1.29, 1.82) is 0 Å². The third kappa shape index (κ3) is 40.2. The highest BCUT2D eigenvalue weighted by Gasteiger charge is 2.11. The Morgan fingerprint density at radius 2 is 0.596 bits per heavy atom. The molecule has 0 spiro atoms. The predicted molar refractivity (Wildman–Crippen MR) is 223 cm³/mol. The van der Waals surface area contributed by atoms with Gasteiger partial charge >= 0.3 is 11.9 Å². The van der Waals surface area contributed by atoms with Gasteiger partial charge in [0.2, 0.25) is 0 Å². The molecule has 0 aromatic carbocycles. The molecule has 0 amide bonds. The number of aliphatic hydroxyl groups excluding tert-OH is 1. The van der Waals surface area contributed by atoms with E-state index < -0.39 is 6.10 Å². The van der Waals surface area contributed by atoms with Crippen LogP contribution in [0.25, 0.3) is 0 Å². The lowest BCUT2D eigenvalue weighted by Crippen LogP contribution is -2.25. The molecule has 0 aliphatic heterocycles. The van der Waals surface area contributed by atoms with Gasteiger partial charge in [-0.15, -0.1) is 0 Å². The highest BCUT2D eigenvalue weighted by atomic mass is 16.6. The normalized spacial score (nSPS) is 13.3. The van der Waals surface area contributed by atoms with Gasteiger partial charge in [0.15, 0.2) is 0 Å². The minimum absolute atomic E-state index is 0.191. The SMILES string of the molecule is CC/C=C\C/C=C\C/C=C\C/C=C\C/C=C\C/C=C\CCC(=O)OCC(O)COC(=O)CC/C=C\C/C=C\C/C=C\C/C=C\C/C=C\C/C=C\CC. The minimum Gasteiger partial charge on any atom is -0.463 e. The highest BCUT2D eigenvalue weighted by molar-refractivity contribution is 5.70. The lowest BCUT2D eigenvalue weighted by Gasteiger charge is -2.11. The molecular weight excluding hydrogens is 645 g/mol. The Hall–Kier alpha value is -4.22. The molecule has 0 aliphatic carbocycles. The largest absolute Gasteiger partial charge is 0.463 e. The second-order valence-corrected chi connectivity index (χ2v) is 11.9. The lowest BCUT2D eigenvalue weighted by molar-refractivity contribution is -0.152.